The fourth-order valence-electron chi connectivity index (χ4n) is 3.57. The first-order chi connectivity index (χ1) is 16.0. The molecule has 2 saturated heterocycles. The molecule has 0 bridgehead atoms. The van der Waals surface area contributed by atoms with Crippen LogP contribution in [0.5, 0.6) is 0 Å². The highest BCUT2D eigenvalue weighted by atomic mass is 16.7. The molecule has 2 heterocycles. The highest BCUT2D eigenvalue weighted by Gasteiger charge is 2.50. The molecule has 2 aliphatic heterocycles. The molecule has 2 fully saturated rings. The zero-order valence-corrected chi connectivity index (χ0v) is 17.6. The molecule has 1 aromatic carbocycles. The number of nitrogens with one attached hydrogen (secondary N) is 1. The SMILES string of the molecule is O=C(OC(C(=O)NC[C@H]1O[C@H](O)[C@H](O)[C@@H](O)[C@H]1O)[C@@H]1O[C@H](O)[C@H](O)[C@@H](O)[C@H]1O)c1ccccc1. The van der Waals surface area contributed by atoms with E-state index < -0.39 is 85.9 Å². The van der Waals surface area contributed by atoms with Crippen LogP contribution >= 0.6 is 0 Å². The van der Waals surface area contributed by atoms with Crippen LogP contribution in [0.1, 0.15) is 10.4 Å². The summed E-state index contributed by atoms with van der Waals surface area (Å²) in [6.45, 7) is -0.559. The van der Waals surface area contributed by atoms with Gasteiger partial charge in [-0.3, -0.25) is 4.79 Å². The third-order valence-corrected chi connectivity index (χ3v) is 5.59. The summed E-state index contributed by atoms with van der Waals surface area (Å²) in [5.74, 6) is -2.15. The second kappa shape index (κ2) is 11.0. The predicted molar refractivity (Wildman–Crippen MR) is 106 cm³/mol. The second-order valence-corrected chi connectivity index (χ2v) is 7.94. The van der Waals surface area contributed by atoms with Crippen LogP contribution < -0.4 is 5.32 Å². The smallest absolute Gasteiger partial charge is 0.339 e. The minimum atomic E-state index is -2.02. The van der Waals surface area contributed by atoms with E-state index in [1.165, 1.54) is 24.3 Å². The Labute approximate surface area is 192 Å². The average Bonchev–Trinajstić information content (AvgIpc) is 2.83. The van der Waals surface area contributed by atoms with Gasteiger partial charge in [0.15, 0.2) is 12.6 Å². The topological polar surface area (TPSA) is 236 Å². The van der Waals surface area contributed by atoms with Crippen LogP contribution in [-0.4, -0.2) is 127 Å². The van der Waals surface area contributed by atoms with E-state index in [0.29, 0.717) is 0 Å². The number of ether oxygens (including phenoxy) is 3. The molecule has 0 saturated carbocycles. The van der Waals surface area contributed by atoms with E-state index in [4.69, 9.17) is 14.2 Å². The summed E-state index contributed by atoms with van der Waals surface area (Å²) in [4.78, 5) is 25.5. The van der Waals surface area contributed by atoms with Gasteiger partial charge in [-0.2, -0.15) is 0 Å². The van der Waals surface area contributed by atoms with Gasteiger partial charge in [-0.15, -0.1) is 0 Å². The zero-order valence-electron chi connectivity index (χ0n) is 17.6. The summed E-state index contributed by atoms with van der Waals surface area (Å²) < 4.78 is 15.2. The van der Waals surface area contributed by atoms with Crippen molar-refractivity contribution in [3.63, 3.8) is 0 Å². The monoisotopic (exact) mass is 489 g/mol. The molecule has 1 amide bonds. The Hall–Kier alpha value is -2.24. The van der Waals surface area contributed by atoms with Gasteiger partial charge >= 0.3 is 5.97 Å². The Bertz CT molecular complexity index is 841. The molecule has 34 heavy (non-hydrogen) atoms. The van der Waals surface area contributed by atoms with Crippen LogP contribution in [0.3, 0.4) is 0 Å². The number of benzene rings is 1. The molecule has 9 N–H and O–H groups in total. The molecule has 2 aliphatic rings. The Morgan fingerprint density at radius 3 is 1.97 bits per heavy atom. The third kappa shape index (κ3) is 5.52. The molecule has 190 valence electrons. The quantitative estimate of drug-likeness (QED) is 0.170. The Kier molecular flexibility index (Phi) is 8.53. The lowest BCUT2D eigenvalue weighted by Gasteiger charge is -2.41. The third-order valence-electron chi connectivity index (χ3n) is 5.59. The molecule has 1 unspecified atom stereocenters. The van der Waals surface area contributed by atoms with Crippen molar-refractivity contribution < 1.29 is 64.7 Å². The molecule has 0 aliphatic carbocycles. The Morgan fingerprint density at radius 2 is 1.35 bits per heavy atom. The van der Waals surface area contributed by atoms with Crippen LogP contribution in [0, 0.1) is 0 Å². The predicted octanol–water partition coefficient (Wildman–Crippen LogP) is -5.07. The zero-order chi connectivity index (χ0) is 25.2. The van der Waals surface area contributed by atoms with Gasteiger partial charge < -0.3 is 60.4 Å². The average molecular weight is 489 g/mol. The van der Waals surface area contributed by atoms with E-state index in [2.05, 4.69) is 5.32 Å². The number of rotatable bonds is 6. The van der Waals surface area contributed by atoms with Crippen LogP contribution in [0.25, 0.3) is 0 Å². The number of hydrogen-bond donors (Lipinski definition) is 9. The van der Waals surface area contributed by atoms with Crippen molar-refractivity contribution in [1.82, 2.24) is 5.32 Å². The number of aliphatic hydroxyl groups excluding tert-OH is 8. The van der Waals surface area contributed by atoms with Crippen molar-refractivity contribution in [1.29, 1.82) is 0 Å². The van der Waals surface area contributed by atoms with E-state index >= 15 is 0 Å². The van der Waals surface area contributed by atoms with E-state index in [0.717, 1.165) is 0 Å². The highest BCUT2D eigenvalue weighted by Crippen LogP contribution is 2.25. The summed E-state index contributed by atoms with van der Waals surface area (Å²) in [5, 5.41) is 81.0. The number of carbonyl (C=O) groups excluding carboxylic acids is 2. The van der Waals surface area contributed by atoms with Gasteiger partial charge in [-0.05, 0) is 12.1 Å². The highest BCUT2D eigenvalue weighted by molar-refractivity contribution is 5.92. The fraction of sp³-hybridized carbons (Fsp3) is 0.600. The van der Waals surface area contributed by atoms with E-state index in [1.54, 1.807) is 6.07 Å². The summed E-state index contributed by atoms with van der Waals surface area (Å²) in [7, 11) is 0. The molecule has 3 rings (SSSR count). The van der Waals surface area contributed by atoms with Gasteiger partial charge in [-0.1, -0.05) is 18.2 Å². The number of aliphatic hydroxyl groups is 8. The standard InChI is InChI=1S/C20H27NO13/c22-9-8(32-19(30)13(26)10(9)23)6-21-17(28)16(34-18(29)7-4-2-1-3-5-7)15-12(25)11(24)14(27)20(31)33-15/h1-5,8-16,19-20,22-27,30-31H,6H2,(H,21,28)/t8-,9+,10+,11+,12-,13-,14-,15-,16?,19+,20+/m1/s1. The van der Waals surface area contributed by atoms with Gasteiger partial charge in [0, 0.05) is 6.54 Å². The fourth-order valence-corrected chi connectivity index (χ4v) is 3.57. The van der Waals surface area contributed by atoms with Gasteiger partial charge in [0.25, 0.3) is 5.91 Å². The number of esters is 1. The van der Waals surface area contributed by atoms with Gasteiger partial charge in [0.1, 0.15) is 48.8 Å². The number of carbonyl (C=O) groups is 2. The molecule has 0 radical (unpaired) electrons. The van der Waals surface area contributed by atoms with Crippen molar-refractivity contribution >= 4 is 11.9 Å². The van der Waals surface area contributed by atoms with Crippen molar-refractivity contribution in [2.24, 2.45) is 0 Å². The minimum Gasteiger partial charge on any atom is -0.446 e. The summed E-state index contributed by atoms with van der Waals surface area (Å²) in [6, 6.07) is 7.42. The molecule has 11 atom stereocenters. The Balaban J connectivity index is 1.77. The van der Waals surface area contributed by atoms with E-state index in [1.807, 2.05) is 0 Å². The molecule has 14 heteroatoms. The first kappa shape index (κ1) is 26.4. The second-order valence-electron chi connectivity index (χ2n) is 7.94. The maximum atomic E-state index is 12.9. The Morgan fingerprint density at radius 1 is 0.794 bits per heavy atom. The molecule has 0 spiro atoms. The first-order valence-electron chi connectivity index (χ1n) is 10.3. The minimum absolute atomic E-state index is 0.0259. The summed E-state index contributed by atoms with van der Waals surface area (Å²) >= 11 is 0. The van der Waals surface area contributed by atoms with E-state index in [9.17, 15) is 50.4 Å². The van der Waals surface area contributed by atoms with Crippen molar-refractivity contribution in [3.8, 4) is 0 Å². The summed E-state index contributed by atoms with van der Waals surface area (Å²) in [6.07, 6.45) is -20.2. The largest absolute Gasteiger partial charge is 0.446 e. The normalized spacial score (nSPS) is 39.2. The lowest BCUT2D eigenvalue weighted by atomic mass is 9.94. The molecular formula is C20H27NO13. The van der Waals surface area contributed by atoms with Crippen LogP contribution in [-0.2, 0) is 19.0 Å². The van der Waals surface area contributed by atoms with E-state index in [-0.39, 0.29) is 5.56 Å². The number of amides is 1. The van der Waals surface area contributed by atoms with Crippen molar-refractivity contribution in [2.75, 3.05) is 6.54 Å². The van der Waals surface area contributed by atoms with Gasteiger partial charge in [0.2, 0.25) is 6.10 Å². The van der Waals surface area contributed by atoms with Crippen LogP contribution in [0.2, 0.25) is 0 Å². The van der Waals surface area contributed by atoms with Crippen molar-refractivity contribution in [3.05, 3.63) is 35.9 Å². The first-order valence-corrected chi connectivity index (χ1v) is 10.3. The molecular weight excluding hydrogens is 462 g/mol. The number of hydrogen-bond acceptors (Lipinski definition) is 13. The van der Waals surface area contributed by atoms with Gasteiger partial charge in [0.05, 0.1) is 5.56 Å². The van der Waals surface area contributed by atoms with Crippen molar-refractivity contribution in [2.45, 2.75) is 67.5 Å². The van der Waals surface area contributed by atoms with Gasteiger partial charge in [-0.25, -0.2) is 4.79 Å². The summed E-state index contributed by atoms with van der Waals surface area (Å²) in [5.41, 5.74) is 0.0259. The van der Waals surface area contributed by atoms with Crippen LogP contribution in [0.15, 0.2) is 30.3 Å². The maximum absolute atomic E-state index is 12.9. The molecule has 1 aromatic rings. The molecule has 0 aromatic heterocycles. The lowest BCUT2D eigenvalue weighted by Crippen LogP contribution is -2.64. The maximum Gasteiger partial charge on any atom is 0.339 e. The molecule has 14 nitrogen and oxygen atoms in total. The lowest BCUT2D eigenvalue weighted by molar-refractivity contribution is -0.294. The van der Waals surface area contributed by atoms with Crippen LogP contribution in [0.4, 0.5) is 0 Å².